The fraction of sp³-hybridized carbons (Fsp3) is 0.909. The minimum Gasteiger partial charge on any atom is -0.394 e. The Hall–Kier alpha value is -0.530. The molecular formula is C11H22O6. The van der Waals surface area contributed by atoms with Crippen LogP contribution in [0.3, 0.4) is 0 Å². The van der Waals surface area contributed by atoms with E-state index in [1.54, 1.807) is 0 Å². The molecule has 0 heterocycles. The Kier molecular flexibility index (Phi) is 7.49. The topological polar surface area (TPSA) is 118 Å². The van der Waals surface area contributed by atoms with Gasteiger partial charge in [-0.05, 0) is 6.42 Å². The number of carbonyl (C=O) groups is 1. The molecule has 4 atom stereocenters. The zero-order chi connectivity index (χ0) is 13.5. The van der Waals surface area contributed by atoms with E-state index in [-0.39, 0.29) is 12.7 Å². The fourth-order valence-electron chi connectivity index (χ4n) is 1.55. The molecule has 0 aromatic carbocycles. The molecule has 17 heavy (non-hydrogen) atoms. The maximum Gasteiger partial charge on any atom is 0.154 e. The van der Waals surface area contributed by atoms with E-state index in [1.165, 1.54) is 0 Å². The lowest BCUT2D eigenvalue weighted by atomic mass is 9.87. The largest absolute Gasteiger partial charge is 0.394 e. The Labute approximate surface area is 101 Å². The van der Waals surface area contributed by atoms with Crippen molar-refractivity contribution in [3.05, 3.63) is 0 Å². The molecule has 0 bridgehead atoms. The summed E-state index contributed by atoms with van der Waals surface area (Å²) in [5.41, 5.74) is -2.09. The summed E-state index contributed by atoms with van der Waals surface area (Å²) in [5.74, 6) is 0. The number of aldehydes is 1. The highest BCUT2D eigenvalue weighted by Crippen LogP contribution is 2.21. The van der Waals surface area contributed by atoms with Gasteiger partial charge in [0.25, 0.3) is 0 Å². The molecule has 102 valence electrons. The van der Waals surface area contributed by atoms with Crippen molar-refractivity contribution < 1.29 is 30.3 Å². The second-order valence-corrected chi connectivity index (χ2v) is 4.25. The molecule has 0 radical (unpaired) electrons. The normalized spacial score (nSPS) is 20.4. The van der Waals surface area contributed by atoms with Crippen molar-refractivity contribution in [3.63, 3.8) is 0 Å². The van der Waals surface area contributed by atoms with Gasteiger partial charge >= 0.3 is 0 Å². The highest BCUT2D eigenvalue weighted by Gasteiger charge is 2.41. The second kappa shape index (κ2) is 7.73. The monoisotopic (exact) mass is 250 g/mol. The molecule has 0 unspecified atom stereocenters. The van der Waals surface area contributed by atoms with Gasteiger partial charge in [-0.2, -0.15) is 0 Å². The standard InChI is InChI=1S/C11H22O6/c1-2-3-4-5-11(17,7-13)10(16)9(15)8(14)6-12/h7-10,12,14-17H,2-6H2,1H3/t8-,9-,10+,11+/m1/s1. The van der Waals surface area contributed by atoms with Crippen molar-refractivity contribution in [2.45, 2.75) is 56.5 Å². The molecule has 0 aromatic heterocycles. The van der Waals surface area contributed by atoms with Crippen LogP contribution in [0.15, 0.2) is 0 Å². The van der Waals surface area contributed by atoms with Crippen molar-refractivity contribution in [1.29, 1.82) is 0 Å². The minimum atomic E-state index is -2.09. The van der Waals surface area contributed by atoms with Gasteiger partial charge in [0.15, 0.2) is 6.29 Å². The Morgan fingerprint density at radius 3 is 2.24 bits per heavy atom. The van der Waals surface area contributed by atoms with Gasteiger partial charge in [0.2, 0.25) is 0 Å². The SMILES string of the molecule is CCCCC[C@](O)(C=O)[C@@H](O)[C@H](O)[C@H](O)CO. The van der Waals surface area contributed by atoms with Crippen molar-refractivity contribution in [2.75, 3.05) is 6.61 Å². The van der Waals surface area contributed by atoms with E-state index in [1.807, 2.05) is 6.92 Å². The molecular weight excluding hydrogens is 228 g/mol. The number of hydrogen-bond acceptors (Lipinski definition) is 6. The molecule has 5 N–H and O–H groups in total. The highest BCUT2D eigenvalue weighted by molar-refractivity contribution is 5.63. The van der Waals surface area contributed by atoms with Crippen LogP contribution in [-0.2, 0) is 4.79 Å². The quantitative estimate of drug-likeness (QED) is 0.253. The zero-order valence-corrected chi connectivity index (χ0v) is 9.99. The van der Waals surface area contributed by atoms with Crippen LogP contribution >= 0.6 is 0 Å². The number of unbranched alkanes of at least 4 members (excludes halogenated alkanes) is 2. The van der Waals surface area contributed by atoms with Gasteiger partial charge in [-0.1, -0.05) is 26.2 Å². The molecule has 0 rings (SSSR count). The molecule has 6 nitrogen and oxygen atoms in total. The van der Waals surface area contributed by atoms with Gasteiger partial charge in [-0.25, -0.2) is 0 Å². The van der Waals surface area contributed by atoms with Crippen LogP contribution < -0.4 is 0 Å². The molecule has 0 aliphatic carbocycles. The predicted octanol–water partition coefficient (Wildman–Crippen LogP) is -1.43. The molecule has 0 fully saturated rings. The molecule has 0 aliphatic heterocycles. The maximum atomic E-state index is 10.8. The first-order valence-electron chi connectivity index (χ1n) is 5.76. The zero-order valence-electron chi connectivity index (χ0n) is 9.99. The van der Waals surface area contributed by atoms with Crippen molar-refractivity contribution >= 4 is 6.29 Å². The summed E-state index contributed by atoms with van der Waals surface area (Å²) in [6.07, 6.45) is -2.83. The maximum absolute atomic E-state index is 10.8. The van der Waals surface area contributed by atoms with E-state index in [2.05, 4.69) is 0 Å². The molecule has 0 aromatic rings. The Bertz CT molecular complexity index is 222. The Morgan fingerprint density at radius 2 is 1.82 bits per heavy atom. The predicted molar refractivity (Wildman–Crippen MR) is 60.3 cm³/mol. The lowest BCUT2D eigenvalue weighted by molar-refractivity contribution is -0.166. The van der Waals surface area contributed by atoms with Crippen LogP contribution in [0, 0.1) is 0 Å². The third-order valence-electron chi connectivity index (χ3n) is 2.80. The van der Waals surface area contributed by atoms with Crippen molar-refractivity contribution in [3.8, 4) is 0 Å². The number of rotatable bonds is 9. The van der Waals surface area contributed by atoms with Gasteiger partial charge in [0, 0.05) is 0 Å². The van der Waals surface area contributed by atoms with Crippen LogP contribution in [0.25, 0.3) is 0 Å². The fourth-order valence-corrected chi connectivity index (χ4v) is 1.55. The van der Waals surface area contributed by atoms with Crippen LogP contribution in [-0.4, -0.2) is 62.3 Å². The minimum absolute atomic E-state index is 0.000710. The van der Waals surface area contributed by atoms with E-state index in [0.29, 0.717) is 6.42 Å². The average Bonchev–Trinajstić information content (AvgIpc) is 2.35. The van der Waals surface area contributed by atoms with Gasteiger partial charge < -0.3 is 30.3 Å². The molecule has 0 amide bonds. The number of hydrogen-bond donors (Lipinski definition) is 5. The third-order valence-corrected chi connectivity index (χ3v) is 2.80. The lowest BCUT2D eigenvalue weighted by Gasteiger charge is -2.32. The second-order valence-electron chi connectivity index (χ2n) is 4.25. The van der Waals surface area contributed by atoms with Gasteiger partial charge in [0.1, 0.15) is 23.9 Å². The first-order valence-corrected chi connectivity index (χ1v) is 5.76. The molecule has 6 heteroatoms. The average molecular weight is 250 g/mol. The summed E-state index contributed by atoms with van der Waals surface area (Å²) in [7, 11) is 0. The number of carbonyl (C=O) groups excluding carboxylic acids is 1. The van der Waals surface area contributed by atoms with E-state index in [4.69, 9.17) is 10.2 Å². The molecule has 0 spiro atoms. The smallest absolute Gasteiger partial charge is 0.154 e. The van der Waals surface area contributed by atoms with Crippen molar-refractivity contribution in [1.82, 2.24) is 0 Å². The Morgan fingerprint density at radius 1 is 1.24 bits per heavy atom. The molecule has 0 saturated carbocycles. The van der Waals surface area contributed by atoms with Crippen molar-refractivity contribution in [2.24, 2.45) is 0 Å². The van der Waals surface area contributed by atoms with Gasteiger partial charge in [0.05, 0.1) is 6.61 Å². The van der Waals surface area contributed by atoms with E-state index in [9.17, 15) is 20.1 Å². The van der Waals surface area contributed by atoms with E-state index >= 15 is 0 Å². The van der Waals surface area contributed by atoms with Crippen LogP contribution in [0.1, 0.15) is 32.6 Å². The highest BCUT2D eigenvalue weighted by atomic mass is 16.4. The van der Waals surface area contributed by atoms with Gasteiger partial charge in [-0.3, -0.25) is 0 Å². The van der Waals surface area contributed by atoms with Crippen LogP contribution in [0.5, 0.6) is 0 Å². The number of aliphatic hydroxyl groups excluding tert-OH is 4. The first kappa shape index (κ1) is 16.5. The van der Waals surface area contributed by atoms with Crippen LogP contribution in [0.2, 0.25) is 0 Å². The van der Waals surface area contributed by atoms with E-state index in [0.717, 1.165) is 12.8 Å². The summed E-state index contributed by atoms with van der Waals surface area (Å²) in [6.45, 7) is 1.18. The summed E-state index contributed by atoms with van der Waals surface area (Å²) >= 11 is 0. The molecule has 0 saturated heterocycles. The first-order chi connectivity index (χ1) is 7.92. The Balaban J connectivity index is 4.54. The number of aliphatic hydroxyl groups is 5. The lowest BCUT2D eigenvalue weighted by Crippen LogP contribution is -2.54. The van der Waals surface area contributed by atoms with Gasteiger partial charge in [-0.15, -0.1) is 0 Å². The molecule has 0 aliphatic rings. The summed E-state index contributed by atoms with van der Waals surface area (Å²) < 4.78 is 0. The summed E-state index contributed by atoms with van der Waals surface area (Å²) in [6, 6.07) is 0. The summed E-state index contributed by atoms with van der Waals surface area (Å²) in [4.78, 5) is 10.8. The summed E-state index contributed by atoms with van der Waals surface area (Å²) in [5, 5.41) is 46.7. The van der Waals surface area contributed by atoms with Crippen LogP contribution in [0.4, 0.5) is 0 Å². The third kappa shape index (κ3) is 4.69. The van der Waals surface area contributed by atoms with E-state index < -0.39 is 30.5 Å².